The van der Waals surface area contributed by atoms with Gasteiger partial charge in [-0.3, -0.25) is 9.69 Å². The fraction of sp³-hybridized carbons (Fsp3) is 0.917. The molecule has 1 heterocycles. The molecule has 3 nitrogen and oxygen atoms in total. The lowest BCUT2D eigenvalue weighted by atomic mass is 9.85. The summed E-state index contributed by atoms with van der Waals surface area (Å²) in [7, 11) is 1.57. The van der Waals surface area contributed by atoms with Crippen LogP contribution in [0.25, 0.3) is 0 Å². The Labute approximate surface area is 92.8 Å². The molecule has 1 aliphatic rings. The minimum Gasteiger partial charge on any atom is -0.377 e. The zero-order chi connectivity index (χ0) is 11.3. The maximum absolute atomic E-state index is 11.4. The highest BCUT2D eigenvalue weighted by Crippen LogP contribution is 2.29. The van der Waals surface area contributed by atoms with Crippen molar-refractivity contribution in [2.24, 2.45) is 5.41 Å². The number of ketones is 1. The molecule has 3 heteroatoms. The average Bonchev–Trinajstić information content (AvgIpc) is 2.28. The minimum atomic E-state index is 0.192. The van der Waals surface area contributed by atoms with Gasteiger partial charge in [-0.1, -0.05) is 13.8 Å². The molecule has 0 saturated carbocycles. The van der Waals surface area contributed by atoms with Crippen LogP contribution in [-0.2, 0) is 9.53 Å². The lowest BCUT2D eigenvalue weighted by Crippen LogP contribution is -2.32. The molecule has 0 spiro atoms. The largest absolute Gasteiger partial charge is 0.377 e. The van der Waals surface area contributed by atoms with Gasteiger partial charge in [0.05, 0.1) is 6.54 Å². The van der Waals surface area contributed by atoms with Gasteiger partial charge in [-0.25, -0.2) is 0 Å². The molecule has 1 rings (SSSR count). The van der Waals surface area contributed by atoms with Gasteiger partial charge in [0.1, 0.15) is 6.61 Å². The topological polar surface area (TPSA) is 29.5 Å². The molecule has 0 unspecified atom stereocenters. The van der Waals surface area contributed by atoms with Crippen molar-refractivity contribution in [3.05, 3.63) is 0 Å². The van der Waals surface area contributed by atoms with Crippen LogP contribution in [0.1, 0.15) is 33.1 Å². The van der Waals surface area contributed by atoms with Crippen LogP contribution in [0.15, 0.2) is 0 Å². The van der Waals surface area contributed by atoms with E-state index in [4.69, 9.17) is 4.74 Å². The number of nitrogens with zero attached hydrogens (tertiary/aromatic N) is 1. The van der Waals surface area contributed by atoms with Crippen molar-refractivity contribution in [1.29, 1.82) is 0 Å². The fourth-order valence-corrected chi connectivity index (χ4v) is 2.09. The van der Waals surface area contributed by atoms with Crippen molar-refractivity contribution in [1.82, 2.24) is 4.90 Å². The van der Waals surface area contributed by atoms with Crippen LogP contribution in [-0.4, -0.2) is 44.0 Å². The Balaban J connectivity index is 2.34. The Kier molecular flexibility index (Phi) is 4.74. The van der Waals surface area contributed by atoms with E-state index in [-0.39, 0.29) is 12.4 Å². The second kappa shape index (κ2) is 5.61. The van der Waals surface area contributed by atoms with Gasteiger partial charge in [0.25, 0.3) is 0 Å². The molecular formula is C12H23NO2. The molecule has 0 amide bonds. The molecule has 0 N–H and O–H groups in total. The highest BCUT2D eigenvalue weighted by atomic mass is 16.5. The summed E-state index contributed by atoms with van der Waals surface area (Å²) in [6.45, 7) is 7.53. The predicted molar refractivity (Wildman–Crippen MR) is 61.0 cm³/mol. The van der Waals surface area contributed by atoms with Crippen LogP contribution in [0.4, 0.5) is 0 Å². The smallest absolute Gasteiger partial charge is 0.172 e. The van der Waals surface area contributed by atoms with E-state index in [0.717, 1.165) is 13.1 Å². The third-order valence-electron chi connectivity index (χ3n) is 3.14. The maximum Gasteiger partial charge on any atom is 0.172 e. The Hall–Kier alpha value is -0.410. The quantitative estimate of drug-likeness (QED) is 0.712. The molecule has 1 fully saturated rings. The van der Waals surface area contributed by atoms with Gasteiger partial charge in [-0.2, -0.15) is 0 Å². The fourth-order valence-electron chi connectivity index (χ4n) is 2.09. The van der Waals surface area contributed by atoms with E-state index in [2.05, 4.69) is 18.7 Å². The monoisotopic (exact) mass is 213 g/mol. The van der Waals surface area contributed by atoms with Crippen LogP contribution in [0.5, 0.6) is 0 Å². The first-order valence-electron chi connectivity index (χ1n) is 5.76. The molecule has 0 aromatic carbocycles. The van der Waals surface area contributed by atoms with Crippen LogP contribution in [0.3, 0.4) is 0 Å². The Morgan fingerprint density at radius 2 is 2.07 bits per heavy atom. The number of Topliss-reactive ketones (excluding diaryl/α,β-unsaturated/α-hetero) is 1. The summed E-state index contributed by atoms with van der Waals surface area (Å²) in [6.07, 6.45) is 3.66. The Bertz CT molecular complexity index is 214. The van der Waals surface area contributed by atoms with E-state index in [9.17, 15) is 4.79 Å². The zero-order valence-corrected chi connectivity index (χ0v) is 10.2. The average molecular weight is 213 g/mol. The van der Waals surface area contributed by atoms with E-state index < -0.39 is 0 Å². The molecule has 0 radical (unpaired) electrons. The number of methoxy groups -OCH3 is 1. The number of hydrogen-bond acceptors (Lipinski definition) is 3. The summed E-state index contributed by atoms with van der Waals surface area (Å²) in [6, 6.07) is 0. The van der Waals surface area contributed by atoms with Crippen molar-refractivity contribution < 1.29 is 9.53 Å². The van der Waals surface area contributed by atoms with E-state index in [1.165, 1.54) is 19.3 Å². The molecule has 0 aliphatic carbocycles. The summed E-state index contributed by atoms with van der Waals surface area (Å²) in [5.41, 5.74) is 0.444. The first-order valence-corrected chi connectivity index (χ1v) is 5.76. The molecule has 15 heavy (non-hydrogen) atoms. The molecule has 88 valence electrons. The molecular weight excluding hydrogens is 190 g/mol. The van der Waals surface area contributed by atoms with Gasteiger partial charge in [0.2, 0.25) is 0 Å². The van der Waals surface area contributed by atoms with Crippen molar-refractivity contribution in [3.63, 3.8) is 0 Å². The van der Waals surface area contributed by atoms with Crippen molar-refractivity contribution >= 4 is 5.78 Å². The second-order valence-corrected chi connectivity index (χ2v) is 5.27. The van der Waals surface area contributed by atoms with Crippen LogP contribution in [0.2, 0.25) is 0 Å². The molecule has 0 aromatic rings. The molecule has 0 bridgehead atoms. The van der Waals surface area contributed by atoms with Crippen molar-refractivity contribution in [2.75, 3.05) is 33.4 Å². The first-order chi connectivity index (χ1) is 7.03. The summed E-state index contributed by atoms with van der Waals surface area (Å²) in [5.74, 6) is 0.192. The van der Waals surface area contributed by atoms with E-state index in [1.807, 2.05) is 0 Å². The number of likely N-dealkylation sites (tertiary alicyclic amines) is 1. The van der Waals surface area contributed by atoms with Crippen LogP contribution < -0.4 is 0 Å². The highest BCUT2D eigenvalue weighted by Gasteiger charge is 2.23. The minimum absolute atomic E-state index is 0.192. The van der Waals surface area contributed by atoms with Gasteiger partial charge in [0.15, 0.2) is 5.78 Å². The van der Waals surface area contributed by atoms with Gasteiger partial charge in [-0.15, -0.1) is 0 Å². The van der Waals surface area contributed by atoms with Crippen LogP contribution >= 0.6 is 0 Å². The summed E-state index contributed by atoms with van der Waals surface area (Å²) >= 11 is 0. The van der Waals surface area contributed by atoms with E-state index in [1.54, 1.807) is 7.11 Å². The standard InChI is InChI=1S/C12H23NO2/c1-12(2)5-4-7-13(8-6-12)9-11(14)10-15-3/h4-10H2,1-3H3. The Morgan fingerprint density at radius 1 is 1.33 bits per heavy atom. The molecule has 1 saturated heterocycles. The third-order valence-corrected chi connectivity index (χ3v) is 3.14. The molecule has 0 atom stereocenters. The maximum atomic E-state index is 11.4. The third kappa shape index (κ3) is 4.76. The van der Waals surface area contributed by atoms with E-state index in [0.29, 0.717) is 12.0 Å². The van der Waals surface area contributed by atoms with E-state index >= 15 is 0 Å². The van der Waals surface area contributed by atoms with Gasteiger partial charge in [-0.05, 0) is 37.8 Å². The number of hydrogen-bond donors (Lipinski definition) is 0. The van der Waals surface area contributed by atoms with Gasteiger partial charge >= 0.3 is 0 Å². The number of carbonyl (C=O) groups excluding carboxylic acids is 1. The normalized spacial score (nSPS) is 22.3. The number of rotatable bonds is 4. The first kappa shape index (κ1) is 12.7. The summed E-state index contributed by atoms with van der Waals surface area (Å²) in [5, 5.41) is 0. The number of ether oxygens (including phenoxy) is 1. The SMILES string of the molecule is COCC(=O)CN1CCCC(C)(C)CC1. The predicted octanol–water partition coefficient (Wildman–Crippen LogP) is 1.71. The summed E-state index contributed by atoms with van der Waals surface area (Å²) < 4.78 is 4.84. The van der Waals surface area contributed by atoms with Crippen molar-refractivity contribution in [3.8, 4) is 0 Å². The highest BCUT2D eigenvalue weighted by molar-refractivity contribution is 5.81. The van der Waals surface area contributed by atoms with Gasteiger partial charge < -0.3 is 4.74 Å². The van der Waals surface area contributed by atoms with Crippen molar-refractivity contribution in [2.45, 2.75) is 33.1 Å². The lowest BCUT2D eigenvalue weighted by molar-refractivity contribution is -0.123. The number of carbonyl (C=O) groups is 1. The Morgan fingerprint density at radius 3 is 2.73 bits per heavy atom. The summed E-state index contributed by atoms with van der Waals surface area (Å²) in [4.78, 5) is 13.7. The lowest BCUT2D eigenvalue weighted by Gasteiger charge is -2.22. The van der Waals surface area contributed by atoms with Gasteiger partial charge in [0, 0.05) is 7.11 Å². The zero-order valence-electron chi connectivity index (χ0n) is 10.2. The molecule has 0 aromatic heterocycles. The van der Waals surface area contributed by atoms with Crippen LogP contribution in [0, 0.1) is 5.41 Å². The molecule has 1 aliphatic heterocycles. The second-order valence-electron chi connectivity index (χ2n) is 5.27.